The van der Waals surface area contributed by atoms with Crippen molar-refractivity contribution < 1.29 is 0 Å². The summed E-state index contributed by atoms with van der Waals surface area (Å²) >= 11 is 0. The molecule has 0 aliphatic rings. The fourth-order valence-electron chi connectivity index (χ4n) is 2.44. The van der Waals surface area contributed by atoms with Crippen molar-refractivity contribution in [3.63, 3.8) is 0 Å². The minimum atomic E-state index is 0.167. The van der Waals surface area contributed by atoms with Gasteiger partial charge in [-0.25, -0.2) is 0 Å². The minimum absolute atomic E-state index is 0.167. The Labute approximate surface area is 128 Å². The Balaban J connectivity index is 2.28. The highest BCUT2D eigenvalue weighted by atomic mass is 15.3. The molecule has 1 unspecified atom stereocenters. The average Bonchev–Trinajstić information content (AvgIpc) is 2.85. The van der Waals surface area contributed by atoms with E-state index in [2.05, 4.69) is 68.4 Å². The Kier molecular flexibility index (Phi) is 4.84. The number of nitrogens with one attached hydrogen (secondary N) is 1. The predicted octanol–water partition coefficient (Wildman–Crippen LogP) is 3.81. The monoisotopic (exact) mass is 285 g/mol. The van der Waals surface area contributed by atoms with Crippen molar-refractivity contribution in [1.29, 1.82) is 0 Å². The number of hydrogen-bond acceptors (Lipinski definition) is 2. The fourth-order valence-corrected chi connectivity index (χ4v) is 2.44. The lowest BCUT2D eigenvalue weighted by molar-refractivity contribution is 0.571. The van der Waals surface area contributed by atoms with Gasteiger partial charge in [0.15, 0.2) is 0 Å². The van der Waals surface area contributed by atoms with Gasteiger partial charge in [0.2, 0.25) is 0 Å². The van der Waals surface area contributed by atoms with Crippen LogP contribution in [0.3, 0.4) is 0 Å². The van der Waals surface area contributed by atoms with E-state index in [4.69, 9.17) is 0 Å². The first kappa shape index (κ1) is 15.8. The molecule has 3 heteroatoms. The van der Waals surface area contributed by atoms with Crippen LogP contribution in [-0.4, -0.2) is 16.3 Å². The molecule has 3 nitrogen and oxygen atoms in total. The first-order valence-corrected chi connectivity index (χ1v) is 7.75. The van der Waals surface area contributed by atoms with Crippen LogP contribution in [0.25, 0.3) is 0 Å². The quantitative estimate of drug-likeness (QED) is 0.905. The van der Waals surface area contributed by atoms with Crippen LogP contribution in [0.2, 0.25) is 0 Å². The largest absolute Gasteiger partial charge is 0.305 e. The number of benzene rings is 1. The van der Waals surface area contributed by atoms with Crippen molar-refractivity contribution in [3.05, 3.63) is 53.3 Å². The molecule has 0 saturated heterocycles. The highest BCUT2D eigenvalue weighted by Gasteiger charge is 2.18. The van der Waals surface area contributed by atoms with Gasteiger partial charge in [-0.15, -0.1) is 0 Å². The summed E-state index contributed by atoms with van der Waals surface area (Å²) in [5.74, 6) is 0. The number of aryl methyl sites for hydroxylation is 1. The van der Waals surface area contributed by atoms with Gasteiger partial charge in [-0.1, -0.05) is 52.0 Å². The van der Waals surface area contributed by atoms with Crippen LogP contribution in [0.4, 0.5) is 0 Å². The summed E-state index contributed by atoms with van der Waals surface area (Å²) in [7, 11) is 1.96. The van der Waals surface area contributed by atoms with Crippen molar-refractivity contribution >= 4 is 0 Å². The standard InChI is InChI=1S/C18H27N3/c1-6-12-19-17(16-11-13-21(5)20-16)14-7-9-15(10-8-14)18(2,3)4/h7-11,13,17,19H,6,12H2,1-5H3. The number of aromatic nitrogens is 2. The first-order chi connectivity index (χ1) is 9.91. The Bertz CT molecular complexity index is 561. The second kappa shape index (κ2) is 6.44. The van der Waals surface area contributed by atoms with E-state index in [1.165, 1.54) is 11.1 Å². The van der Waals surface area contributed by atoms with Crippen molar-refractivity contribution in [3.8, 4) is 0 Å². The van der Waals surface area contributed by atoms with Crippen molar-refractivity contribution in [2.75, 3.05) is 6.54 Å². The second-order valence-electron chi connectivity index (χ2n) is 6.67. The molecule has 1 aromatic heterocycles. The van der Waals surface area contributed by atoms with Crippen molar-refractivity contribution in [2.24, 2.45) is 7.05 Å². The zero-order valence-corrected chi connectivity index (χ0v) is 13.9. The molecule has 21 heavy (non-hydrogen) atoms. The molecule has 2 aromatic rings. The molecule has 1 atom stereocenters. The van der Waals surface area contributed by atoms with E-state index >= 15 is 0 Å². The van der Waals surface area contributed by atoms with Gasteiger partial charge in [0, 0.05) is 13.2 Å². The maximum atomic E-state index is 4.57. The van der Waals surface area contributed by atoms with Gasteiger partial charge in [0.1, 0.15) is 0 Å². The molecule has 0 fully saturated rings. The summed E-state index contributed by atoms with van der Waals surface area (Å²) in [6.07, 6.45) is 3.11. The smallest absolute Gasteiger partial charge is 0.0839 e. The molecule has 0 saturated carbocycles. The van der Waals surface area contributed by atoms with Crippen LogP contribution in [0.1, 0.15) is 57.0 Å². The lowest BCUT2D eigenvalue weighted by atomic mass is 9.86. The van der Waals surface area contributed by atoms with Gasteiger partial charge in [-0.3, -0.25) is 4.68 Å². The summed E-state index contributed by atoms with van der Waals surface area (Å²) in [6.45, 7) is 9.90. The van der Waals surface area contributed by atoms with E-state index in [0.29, 0.717) is 0 Å². The number of nitrogens with zero attached hydrogens (tertiary/aromatic N) is 2. The SMILES string of the molecule is CCCNC(c1ccc(C(C)(C)C)cc1)c1ccn(C)n1. The van der Waals surface area contributed by atoms with Crippen LogP contribution in [0.5, 0.6) is 0 Å². The molecule has 0 radical (unpaired) electrons. The van der Waals surface area contributed by atoms with Gasteiger partial charge in [-0.05, 0) is 35.6 Å². The van der Waals surface area contributed by atoms with Gasteiger partial charge >= 0.3 is 0 Å². The molecule has 1 N–H and O–H groups in total. The van der Waals surface area contributed by atoms with Crippen molar-refractivity contribution in [2.45, 2.75) is 45.6 Å². The topological polar surface area (TPSA) is 29.9 Å². The fraction of sp³-hybridized carbons (Fsp3) is 0.500. The summed E-state index contributed by atoms with van der Waals surface area (Å²) < 4.78 is 1.86. The van der Waals surface area contributed by atoms with Crippen LogP contribution in [-0.2, 0) is 12.5 Å². The molecular formula is C18H27N3. The average molecular weight is 285 g/mol. The maximum absolute atomic E-state index is 4.57. The van der Waals surface area contributed by atoms with Crippen LogP contribution < -0.4 is 5.32 Å². The molecule has 114 valence electrons. The third-order valence-corrected chi connectivity index (χ3v) is 3.74. The Morgan fingerprint density at radius 1 is 1.14 bits per heavy atom. The Morgan fingerprint density at radius 3 is 2.29 bits per heavy atom. The molecule has 0 aliphatic heterocycles. The highest BCUT2D eigenvalue weighted by Crippen LogP contribution is 2.26. The zero-order valence-electron chi connectivity index (χ0n) is 13.9. The summed E-state index contributed by atoms with van der Waals surface area (Å²) in [6, 6.07) is 11.2. The van der Waals surface area contributed by atoms with Gasteiger partial charge in [0.05, 0.1) is 11.7 Å². The van der Waals surface area contributed by atoms with Crippen LogP contribution in [0, 0.1) is 0 Å². The summed E-state index contributed by atoms with van der Waals surface area (Å²) in [4.78, 5) is 0. The molecule has 1 heterocycles. The minimum Gasteiger partial charge on any atom is -0.305 e. The Hall–Kier alpha value is -1.61. The zero-order chi connectivity index (χ0) is 15.5. The Morgan fingerprint density at radius 2 is 1.81 bits per heavy atom. The molecular weight excluding hydrogens is 258 g/mol. The number of rotatable bonds is 5. The maximum Gasteiger partial charge on any atom is 0.0839 e. The third-order valence-electron chi connectivity index (χ3n) is 3.74. The molecule has 0 aliphatic carbocycles. The molecule has 2 rings (SSSR count). The van der Waals surface area contributed by atoms with Crippen molar-refractivity contribution in [1.82, 2.24) is 15.1 Å². The molecule has 0 bridgehead atoms. The van der Waals surface area contributed by atoms with Gasteiger partial charge in [0.25, 0.3) is 0 Å². The van der Waals surface area contributed by atoms with E-state index in [1.807, 2.05) is 17.9 Å². The normalized spacial score (nSPS) is 13.4. The summed E-state index contributed by atoms with van der Waals surface area (Å²) in [5.41, 5.74) is 3.90. The summed E-state index contributed by atoms with van der Waals surface area (Å²) in [5, 5.41) is 8.16. The molecule has 1 aromatic carbocycles. The van der Waals surface area contributed by atoms with Crippen LogP contribution in [0.15, 0.2) is 36.5 Å². The van der Waals surface area contributed by atoms with E-state index in [-0.39, 0.29) is 11.5 Å². The van der Waals surface area contributed by atoms with E-state index in [0.717, 1.165) is 18.7 Å². The van der Waals surface area contributed by atoms with E-state index < -0.39 is 0 Å². The van der Waals surface area contributed by atoms with E-state index in [1.54, 1.807) is 0 Å². The third kappa shape index (κ3) is 3.94. The predicted molar refractivity (Wildman–Crippen MR) is 88.5 cm³/mol. The van der Waals surface area contributed by atoms with Gasteiger partial charge < -0.3 is 5.32 Å². The number of hydrogen-bond donors (Lipinski definition) is 1. The highest BCUT2D eigenvalue weighted by molar-refractivity contribution is 5.32. The lowest BCUT2D eigenvalue weighted by Crippen LogP contribution is -2.24. The molecule has 0 spiro atoms. The van der Waals surface area contributed by atoms with Crippen LogP contribution >= 0.6 is 0 Å². The van der Waals surface area contributed by atoms with Gasteiger partial charge in [-0.2, -0.15) is 5.10 Å². The molecule has 0 amide bonds. The first-order valence-electron chi connectivity index (χ1n) is 7.75. The second-order valence-corrected chi connectivity index (χ2v) is 6.67. The lowest BCUT2D eigenvalue weighted by Gasteiger charge is -2.21. The van der Waals surface area contributed by atoms with E-state index in [9.17, 15) is 0 Å².